The van der Waals surface area contributed by atoms with Crippen molar-refractivity contribution in [3.63, 3.8) is 0 Å². The second-order valence-corrected chi connectivity index (χ2v) is 4.75. The van der Waals surface area contributed by atoms with E-state index in [0.717, 1.165) is 0 Å². The molecular weight excluding hydrogens is 129 g/mol. The summed E-state index contributed by atoms with van der Waals surface area (Å²) in [6.45, 7) is 9.14. The second-order valence-electron chi connectivity index (χ2n) is 4.75. The first-order valence-corrected chi connectivity index (χ1v) is 4.21. The van der Waals surface area contributed by atoms with Gasteiger partial charge < -0.3 is 5.32 Å². The molecule has 0 aromatic carbocycles. The van der Waals surface area contributed by atoms with Crippen LogP contribution in [0.25, 0.3) is 0 Å². The van der Waals surface area contributed by atoms with E-state index in [2.05, 4.69) is 33.0 Å². The van der Waals surface area contributed by atoms with Crippen LogP contribution in [-0.2, 0) is 0 Å². The molecule has 0 bridgehead atoms. The van der Waals surface area contributed by atoms with Gasteiger partial charge in [0.05, 0.1) is 0 Å². The largest absolute Gasteiger partial charge is 1.00 e. The zero-order valence-electron chi connectivity index (χ0n) is 8.62. The van der Waals surface area contributed by atoms with Gasteiger partial charge in [-0.3, -0.25) is 0 Å². The first-order chi connectivity index (χ1) is 4.41. The molecule has 0 unspecified atom stereocenters. The fraction of sp³-hybridized carbons (Fsp3) is 1.00. The Morgan fingerprint density at radius 3 is 1.45 bits per heavy atom. The van der Waals surface area contributed by atoms with Gasteiger partial charge in [0, 0.05) is 11.1 Å². The van der Waals surface area contributed by atoms with Gasteiger partial charge in [-0.15, -0.1) is 0 Å². The van der Waals surface area contributed by atoms with Crippen LogP contribution in [0.5, 0.6) is 0 Å². The van der Waals surface area contributed by atoms with Crippen LogP contribution in [0.2, 0.25) is 0 Å². The Morgan fingerprint density at radius 1 is 0.909 bits per heavy atom. The minimum absolute atomic E-state index is 0. The number of nitrogens with one attached hydrogen (secondary N) is 1. The van der Waals surface area contributed by atoms with Gasteiger partial charge in [0.1, 0.15) is 0 Å². The maximum Gasteiger partial charge on any atom is 1.00 e. The summed E-state index contributed by atoms with van der Waals surface area (Å²) in [5.41, 5.74) is 0.726. The summed E-state index contributed by atoms with van der Waals surface area (Å²) in [5.74, 6) is 0. The van der Waals surface area contributed by atoms with Crippen molar-refractivity contribution in [2.45, 2.75) is 58.0 Å². The van der Waals surface area contributed by atoms with Crippen molar-refractivity contribution in [1.82, 2.24) is 5.32 Å². The van der Waals surface area contributed by atoms with Crippen LogP contribution < -0.4 is 24.2 Å². The van der Waals surface area contributed by atoms with Crippen LogP contribution in [0.1, 0.15) is 47.0 Å². The van der Waals surface area contributed by atoms with Crippen LogP contribution in [0.3, 0.4) is 0 Å². The van der Waals surface area contributed by atoms with Crippen molar-refractivity contribution in [2.75, 3.05) is 0 Å². The van der Waals surface area contributed by atoms with Gasteiger partial charge in [0.25, 0.3) is 0 Å². The molecule has 1 N–H and O–H groups in total. The first-order valence-electron chi connectivity index (χ1n) is 4.21. The summed E-state index contributed by atoms with van der Waals surface area (Å²) in [5, 5.41) is 3.63. The van der Waals surface area contributed by atoms with Crippen molar-refractivity contribution in [3.05, 3.63) is 0 Å². The number of rotatable bonds is 0. The van der Waals surface area contributed by atoms with Crippen LogP contribution in [0.4, 0.5) is 0 Å². The number of hydrogen-bond donors (Lipinski definition) is 1. The van der Waals surface area contributed by atoms with Crippen molar-refractivity contribution >= 4 is 0 Å². The molecule has 0 radical (unpaired) electrons. The van der Waals surface area contributed by atoms with Gasteiger partial charge in [-0.1, -0.05) is 0 Å². The van der Waals surface area contributed by atoms with Gasteiger partial charge in [-0.2, -0.15) is 0 Å². The van der Waals surface area contributed by atoms with Crippen LogP contribution in [0.15, 0.2) is 0 Å². The summed E-state index contributed by atoms with van der Waals surface area (Å²) in [6, 6.07) is 0. The molecular formula is C9H19LiN+. The van der Waals surface area contributed by atoms with Gasteiger partial charge >= 0.3 is 18.9 Å². The Kier molecular flexibility index (Phi) is 3.70. The molecule has 2 heteroatoms. The third kappa shape index (κ3) is 3.65. The average Bonchev–Trinajstić information content (AvgIpc) is 1.56. The van der Waals surface area contributed by atoms with E-state index in [4.69, 9.17) is 0 Å². The van der Waals surface area contributed by atoms with E-state index < -0.39 is 0 Å². The van der Waals surface area contributed by atoms with Crippen molar-refractivity contribution in [1.29, 1.82) is 0 Å². The maximum atomic E-state index is 3.63. The maximum absolute atomic E-state index is 3.63. The van der Waals surface area contributed by atoms with E-state index in [-0.39, 0.29) is 18.9 Å². The van der Waals surface area contributed by atoms with Crippen molar-refractivity contribution in [3.8, 4) is 0 Å². The van der Waals surface area contributed by atoms with E-state index in [1.54, 1.807) is 0 Å². The Labute approximate surface area is 82.5 Å². The van der Waals surface area contributed by atoms with Gasteiger partial charge in [0.2, 0.25) is 0 Å². The minimum Gasteiger partial charge on any atom is -0.307 e. The van der Waals surface area contributed by atoms with Gasteiger partial charge in [-0.25, -0.2) is 0 Å². The second kappa shape index (κ2) is 3.52. The molecule has 1 aliphatic heterocycles. The number of piperidine rings is 1. The van der Waals surface area contributed by atoms with Gasteiger partial charge in [-0.05, 0) is 47.0 Å². The smallest absolute Gasteiger partial charge is 0.307 e. The molecule has 1 nitrogen and oxygen atoms in total. The normalized spacial score (nSPS) is 27.3. The molecule has 11 heavy (non-hydrogen) atoms. The molecule has 0 atom stereocenters. The standard InChI is InChI=1S/C9H19N.Li/c1-8(2)6-5-7-9(3,4)10-8;/h10H,5-7H2,1-4H3;/q;+1. The predicted molar refractivity (Wildman–Crippen MR) is 45.1 cm³/mol. The molecule has 0 aromatic heterocycles. The van der Waals surface area contributed by atoms with Crippen LogP contribution >= 0.6 is 0 Å². The van der Waals surface area contributed by atoms with E-state index in [0.29, 0.717) is 11.1 Å². The summed E-state index contributed by atoms with van der Waals surface area (Å²) in [7, 11) is 0. The van der Waals surface area contributed by atoms with E-state index in [1.807, 2.05) is 0 Å². The summed E-state index contributed by atoms with van der Waals surface area (Å²) >= 11 is 0. The molecule has 1 rings (SSSR count). The van der Waals surface area contributed by atoms with Crippen molar-refractivity contribution < 1.29 is 18.9 Å². The minimum atomic E-state index is 0. The molecule has 1 heterocycles. The van der Waals surface area contributed by atoms with Crippen LogP contribution in [0, 0.1) is 0 Å². The van der Waals surface area contributed by atoms with E-state index in [9.17, 15) is 0 Å². The zero-order chi connectivity index (χ0) is 7.83. The molecule has 0 aliphatic carbocycles. The third-order valence-electron chi connectivity index (χ3n) is 2.28. The Bertz CT molecular complexity index is 116. The molecule has 0 spiro atoms. The Morgan fingerprint density at radius 2 is 1.27 bits per heavy atom. The topological polar surface area (TPSA) is 12.0 Å². The predicted octanol–water partition coefficient (Wildman–Crippen LogP) is -0.679. The van der Waals surface area contributed by atoms with Crippen molar-refractivity contribution in [2.24, 2.45) is 0 Å². The van der Waals surface area contributed by atoms with E-state index >= 15 is 0 Å². The monoisotopic (exact) mass is 148 g/mol. The molecule has 1 saturated heterocycles. The molecule has 0 aromatic rings. The third-order valence-corrected chi connectivity index (χ3v) is 2.28. The molecule has 0 saturated carbocycles. The molecule has 60 valence electrons. The Hall–Kier alpha value is 0.557. The summed E-state index contributed by atoms with van der Waals surface area (Å²) < 4.78 is 0. The van der Waals surface area contributed by atoms with E-state index in [1.165, 1.54) is 19.3 Å². The quantitative estimate of drug-likeness (QED) is 0.449. The average molecular weight is 148 g/mol. The number of hydrogen-bond acceptors (Lipinski definition) is 1. The molecule has 1 aliphatic rings. The SMILES string of the molecule is CC1(C)CCCC(C)(C)N1.[Li+]. The zero-order valence-corrected chi connectivity index (χ0v) is 8.62. The summed E-state index contributed by atoms with van der Waals surface area (Å²) in [6.07, 6.45) is 4.00. The van der Waals surface area contributed by atoms with Gasteiger partial charge in [0.15, 0.2) is 0 Å². The molecule has 0 amide bonds. The fourth-order valence-electron chi connectivity index (χ4n) is 2.01. The summed E-state index contributed by atoms with van der Waals surface area (Å²) in [4.78, 5) is 0. The fourth-order valence-corrected chi connectivity index (χ4v) is 2.01. The Balaban J connectivity index is 0.000001000. The van der Waals surface area contributed by atoms with Crippen LogP contribution in [-0.4, -0.2) is 11.1 Å². The first kappa shape index (κ1) is 11.6. The molecule has 1 fully saturated rings.